The van der Waals surface area contributed by atoms with Gasteiger partial charge in [0, 0.05) is 48.9 Å². The van der Waals surface area contributed by atoms with Gasteiger partial charge >= 0.3 is 5.97 Å². The topological polar surface area (TPSA) is 128 Å². The summed E-state index contributed by atoms with van der Waals surface area (Å²) in [6.07, 6.45) is 9.25. The van der Waals surface area contributed by atoms with Crippen LogP contribution in [0.25, 0.3) is 0 Å². The third-order valence-electron chi connectivity index (χ3n) is 10.9. The quantitative estimate of drug-likeness (QED) is 0.276. The fourth-order valence-electron chi connectivity index (χ4n) is 8.06. The predicted octanol–water partition coefficient (Wildman–Crippen LogP) is 5.75. The average Bonchev–Trinajstić information content (AvgIpc) is 3.22. The highest BCUT2D eigenvalue weighted by atomic mass is 35.5. The Hall–Kier alpha value is -3.25. The van der Waals surface area contributed by atoms with Crippen LogP contribution in [0.5, 0.6) is 5.75 Å². The van der Waals surface area contributed by atoms with Crippen molar-refractivity contribution in [2.45, 2.75) is 79.9 Å². The Morgan fingerprint density at radius 2 is 2.00 bits per heavy atom. The first-order valence-electron chi connectivity index (χ1n) is 16.9. The van der Waals surface area contributed by atoms with Crippen molar-refractivity contribution in [1.82, 2.24) is 9.97 Å². The molecule has 2 aromatic carbocycles. The number of hydrogen-bond acceptors (Lipinski definition) is 9. The normalized spacial score (nSPS) is 27.6. The summed E-state index contributed by atoms with van der Waals surface area (Å²) in [5.41, 5.74) is 3.34. The number of rotatable bonds is 9. The molecule has 0 bridgehead atoms. The molecule has 48 heavy (non-hydrogen) atoms. The molecule has 2 aliphatic heterocycles. The summed E-state index contributed by atoms with van der Waals surface area (Å²) in [7, 11) is -3.69. The molecule has 256 valence electrons. The molecule has 1 saturated carbocycles. The summed E-state index contributed by atoms with van der Waals surface area (Å²) >= 11 is 6.41. The van der Waals surface area contributed by atoms with Crippen molar-refractivity contribution in [1.29, 1.82) is 0 Å². The van der Waals surface area contributed by atoms with Gasteiger partial charge in [0.25, 0.3) is 0 Å². The van der Waals surface area contributed by atoms with E-state index in [1.165, 1.54) is 23.5 Å². The third-order valence-corrected chi connectivity index (χ3v) is 13.0. The van der Waals surface area contributed by atoms with Gasteiger partial charge in [-0.05, 0) is 105 Å². The van der Waals surface area contributed by atoms with Crippen LogP contribution >= 0.6 is 11.6 Å². The number of aryl methyl sites for hydroxylation is 1. The molecule has 0 radical (unpaired) electrons. The molecule has 3 heterocycles. The van der Waals surface area contributed by atoms with Gasteiger partial charge in [0.1, 0.15) is 5.75 Å². The van der Waals surface area contributed by atoms with Crippen LogP contribution in [0, 0.1) is 11.8 Å². The van der Waals surface area contributed by atoms with E-state index in [-0.39, 0.29) is 34.9 Å². The smallest absolute Gasteiger partial charge is 0.335 e. The molecule has 1 spiro atoms. The number of halogens is 1. The Kier molecular flexibility index (Phi) is 9.40. The van der Waals surface area contributed by atoms with Gasteiger partial charge in [-0.3, -0.25) is 0 Å². The number of ether oxygens (including phenoxy) is 3. The second-order valence-corrected chi connectivity index (χ2v) is 16.6. The first-order chi connectivity index (χ1) is 23.1. The Labute approximate surface area is 286 Å². The molecule has 12 heteroatoms. The second kappa shape index (κ2) is 13.6. The Morgan fingerprint density at radius 1 is 1.17 bits per heavy atom. The Bertz CT molecular complexity index is 1760. The van der Waals surface area contributed by atoms with Crippen LogP contribution < -0.4 is 9.64 Å². The number of hydrogen-bond donors (Lipinski definition) is 1. The number of sulfone groups is 1. The molecule has 6 atom stereocenters. The molecule has 4 aliphatic rings. The highest BCUT2D eigenvalue weighted by Gasteiger charge is 2.45. The van der Waals surface area contributed by atoms with Gasteiger partial charge in [-0.25, -0.2) is 23.2 Å². The zero-order valence-electron chi connectivity index (χ0n) is 27.1. The van der Waals surface area contributed by atoms with Gasteiger partial charge in [0.05, 0.1) is 41.9 Å². The summed E-state index contributed by atoms with van der Waals surface area (Å²) in [5, 5.41) is 9.64. The number of carboxylic acids is 1. The molecule has 1 aromatic heterocycles. The summed E-state index contributed by atoms with van der Waals surface area (Å²) < 4.78 is 45.0. The van der Waals surface area contributed by atoms with Crippen molar-refractivity contribution in [3.8, 4) is 5.75 Å². The molecule has 0 amide bonds. The van der Waals surface area contributed by atoms with E-state index in [1.807, 2.05) is 6.07 Å². The van der Waals surface area contributed by atoms with Crippen LogP contribution in [0.15, 0.2) is 60.0 Å². The zero-order chi connectivity index (χ0) is 33.5. The minimum absolute atomic E-state index is 0.00595. The average molecular weight is 696 g/mol. The molecule has 2 fully saturated rings. The number of benzene rings is 2. The standard InChI is InChI=1S/C36H42ClN3O7S/c1-23(48(43,44)35-38-13-3-14-39-35)20-46-28-11-15-45-33(18-28)29-8-5-26(29)19-40-21-36(12-2-4-24-16-27(37)7-9-30(24)36)22-47-32-10-6-25(34(41)42)17-31(32)40/h3,6-7,9-10,13-14,16-17,23,26,28-29,33H,2,4-5,8,11-12,15,18-22H2,1H3,(H,41,42)/t23-,26+,28-,29-,33-,36?/m1/s1. The van der Waals surface area contributed by atoms with E-state index in [1.54, 1.807) is 31.2 Å². The lowest BCUT2D eigenvalue weighted by atomic mass is 9.67. The van der Waals surface area contributed by atoms with Crippen molar-refractivity contribution in [2.24, 2.45) is 11.8 Å². The largest absolute Gasteiger partial charge is 0.490 e. The van der Waals surface area contributed by atoms with Crippen LogP contribution in [0.3, 0.4) is 0 Å². The van der Waals surface area contributed by atoms with Crippen molar-refractivity contribution < 1.29 is 32.5 Å². The van der Waals surface area contributed by atoms with E-state index >= 15 is 0 Å². The second-order valence-electron chi connectivity index (χ2n) is 13.9. The summed E-state index contributed by atoms with van der Waals surface area (Å²) in [6.45, 7) is 4.25. The zero-order valence-corrected chi connectivity index (χ0v) is 28.7. The molecule has 2 aliphatic carbocycles. The van der Waals surface area contributed by atoms with Crippen LogP contribution in [0.2, 0.25) is 5.02 Å². The van der Waals surface area contributed by atoms with Crippen molar-refractivity contribution >= 4 is 33.1 Å². The fourth-order valence-corrected chi connectivity index (χ4v) is 9.29. The fraction of sp³-hybridized carbons (Fsp3) is 0.528. The van der Waals surface area contributed by atoms with Crippen LogP contribution in [0.4, 0.5) is 5.69 Å². The van der Waals surface area contributed by atoms with Crippen molar-refractivity contribution in [3.05, 3.63) is 76.6 Å². The maximum Gasteiger partial charge on any atom is 0.335 e. The minimum atomic E-state index is -3.69. The molecule has 10 nitrogen and oxygen atoms in total. The van der Waals surface area contributed by atoms with Gasteiger partial charge in [-0.1, -0.05) is 17.7 Å². The van der Waals surface area contributed by atoms with Crippen LogP contribution in [-0.4, -0.2) is 79.8 Å². The number of aromatic nitrogens is 2. The molecule has 7 rings (SSSR count). The number of aromatic carboxylic acids is 1. The Balaban J connectivity index is 1.07. The number of fused-ring (bicyclic) bond motifs is 3. The maximum absolute atomic E-state index is 12.9. The van der Waals surface area contributed by atoms with Crippen LogP contribution in [0.1, 0.15) is 66.9 Å². The first-order valence-corrected chi connectivity index (χ1v) is 18.8. The predicted molar refractivity (Wildman–Crippen MR) is 181 cm³/mol. The molecule has 1 N–H and O–H groups in total. The monoisotopic (exact) mass is 695 g/mol. The van der Waals surface area contributed by atoms with Crippen LogP contribution in [-0.2, 0) is 31.1 Å². The van der Waals surface area contributed by atoms with Gasteiger partial charge in [-0.2, -0.15) is 0 Å². The van der Waals surface area contributed by atoms with E-state index in [4.69, 9.17) is 25.8 Å². The maximum atomic E-state index is 12.9. The van der Waals surface area contributed by atoms with Gasteiger partial charge in [-0.15, -0.1) is 0 Å². The van der Waals surface area contributed by atoms with E-state index in [2.05, 4.69) is 27.0 Å². The summed E-state index contributed by atoms with van der Waals surface area (Å²) in [4.78, 5) is 22.3. The Morgan fingerprint density at radius 3 is 2.77 bits per heavy atom. The van der Waals surface area contributed by atoms with E-state index in [0.29, 0.717) is 43.6 Å². The molecular formula is C36H42ClN3O7S. The lowest BCUT2D eigenvalue weighted by Gasteiger charge is -2.47. The van der Waals surface area contributed by atoms with Gasteiger partial charge in [0.2, 0.25) is 15.0 Å². The molecule has 3 aromatic rings. The van der Waals surface area contributed by atoms with E-state index in [0.717, 1.165) is 55.9 Å². The highest BCUT2D eigenvalue weighted by Crippen LogP contribution is 2.47. The lowest BCUT2D eigenvalue weighted by Crippen LogP contribution is -2.51. The summed E-state index contributed by atoms with van der Waals surface area (Å²) in [6, 6.07) is 13.0. The molecule has 1 saturated heterocycles. The van der Waals surface area contributed by atoms with Gasteiger partial charge < -0.3 is 24.2 Å². The number of anilines is 1. The SMILES string of the molecule is C[C@H](CO[C@@H]1CCO[C@@H]([C@@H]2CC[C@H]2CN2CC3(CCCc4cc(Cl)ccc43)COc3ccc(C(=O)O)cc32)C1)S(=O)(=O)c1ncccn1. The van der Waals surface area contributed by atoms with Crippen molar-refractivity contribution in [2.75, 3.05) is 37.8 Å². The van der Waals surface area contributed by atoms with E-state index in [9.17, 15) is 18.3 Å². The number of carbonyl (C=O) groups is 1. The first kappa shape index (κ1) is 33.3. The number of nitrogens with zero attached hydrogens (tertiary/aromatic N) is 3. The summed E-state index contributed by atoms with van der Waals surface area (Å²) in [5.74, 6) is 0.407. The highest BCUT2D eigenvalue weighted by molar-refractivity contribution is 7.91. The van der Waals surface area contributed by atoms with Crippen molar-refractivity contribution in [3.63, 3.8) is 0 Å². The molecular weight excluding hydrogens is 654 g/mol. The molecule has 1 unspecified atom stereocenters. The third kappa shape index (κ3) is 6.54. The lowest BCUT2D eigenvalue weighted by molar-refractivity contribution is -0.116. The van der Waals surface area contributed by atoms with Gasteiger partial charge in [0.15, 0.2) is 0 Å². The minimum Gasteiger partial charge on any atom is -0.490 e. The number of carboxylic acid groups (broad SMARTS) is 1. The van der Waals surface area contributed by atoms with E-state index < -0.39 is 21.1 Å².